The van der Waals surface area contributed by atoms with Crippen LogP contribution in [0, 0.1) is 0 Å². The van der Waals surface area contributed by atoms with Gasteiger partial charge in [-0.3, -0.25) is 4.79 Å². The highest BCUT2D eigenvalue weighted by Gasteiger charge is 2.37. The van der Waals surface area contributed by atoms with Gasteiger partial charge in [0, 0.05) is 18.3 Å². The number of hydrogen-bond acceptors (Lipinski definition) is 1. The number of ketones is 1. The summed E-state index contributed by atoms with van der Waals surface area (Å²) < 4.78 is 0. The molecule has 1 atom stereocenters. The molecule has 0 saturated heterocycles. The van der Waals surface area contributed by atoms with Crippen molar-refractivity contribution in [2.24, 2.45) is 0 Å². The fraction of sp³-hybridized carbons (Fsp3) is 0.417. The van der Waals surface area contributed by atoms with Crippen LogP contribution >= 0.6 is 23.2 Å². The standard InChI is InChI=1S/C12H12Cl2O/c1-12(6-5-8(15)7-12)9-3-2-4-10(13)11(9)14/h2-4H,5-7H2,1H3. The summed E-state index contributed by atoms with van der Waals surface area (Å²) in [6.45, 7) is 2.08. The molecule has 1 unspecified atom stereocenters. The van der Waals surface area contributed by atoms with Crippen molar-refractivity contribution in [3.8, 4) is 0 Å². The van der Waals surface area contributed by atoms with E-state index >= 15 is 0 Å². The molecular weight excluding hydrogens is 231 g/mol. The largest absolute Gasteiger partial charge is 0.300 e. The van der Waals surface area contributed by atoms with Gasteiger partial charge in [-0.25, -0.2) is 0 Å². The first kappa shape index (κ1) is 11.0. The third-order valence-electron chi connectivity index (χ3n) is 3.14. The summed E-state index contributed by atoms with van der Waals surface area (Å²) >= 11 is 12.1. The molecule has 1 saturated carbocycles. The van der Waals surface area contributed by atoms with E-state index in [0.717, 1.165) is 12.0 Å². The Morgan fingerprint density at radius 3 is 2.67 bits per heavy atom. The Morgan fingerprint density at radius 1 is 1.33 bits per heavy atom. The Hall–Kier alpha value is -0.530. The fourth-order valence-electron chi connectivity index (χ4n) is 2.23. The monoisotopic (exact) mass is 242 g/mol. The average molecular weight is 243 g/mol. The van der Waals surface area contributed by atoms with Crippen LogP contribution in [0.15, 0.2) is 18.2 Å². The van der Waals surface area contributed by atoms with Gasteiger partial charge in [0.1, 0.15) is 5.78 Å². The summed E-state index contributed by atoms with van der Waals surface area (Å²) in [5, 5.41) is 1.16. The van der Waals surface area contributed by atoms with Crippen molar-refractivity contribution in [3.05, 3.63) is 33.8 Å². The van der Waals surface area contributed by atoms with E-state index in [2.05, 4.69) is 6.92 Å². The van der Waals surface area contributed by atoms with Gasteiger partial charge in [0.25, 0.3) is 0 Å². The lowest BCUT2D eigenvalue weighted by molar-refractivity contribution is -0.117. The predicted octanol–water partition coefficient (Wildman–Crippen LogP) is 4.00. The molecule has 0 aliphatic heterocycles. The Morgan fingerprint density at radius 2 is 2.07 bits per heavy atom. The summed E-state index contributed by atoms with van der Waals surface area (Å²) in [6, 6.07) is 5.62. The van der Waals surface area contributed by atoms with Gasteiger partial charge < -0.3 is 0 Å². The molecule has 1 nitrogen and oxygen atoms in total. The molecule has 1 fully saturated rings. The lowest BCUT2D eigenvalue weighted by Gasteiger charge is -2.24. The molecule has 0 spiro atoms. The van der Waals surface area contributed by atoms with Crippen LogP contribution in [0.4, 0.5) is 0 Å². The minimum Gasteiger partial charge on any atom is -0.300 e. The molecule has 0 bridgehead atoms. The van der Waals surface area contributed by atoms with E-state index in [0.29, 0.717) is 28.7 Å². The van der Waals surface area contributed by atoms with E-state index in [-0.39, 0.29) is 5.41 Å². The van der Waals surface area contributed by atoms with E-state index in [1.54, 1.807) is 6.07 Å². The number of halogens is 2. The van der Waals surface area contributed by atoms with Gasteiger partial charge in [-0.05, 0) is 18.1 Å². The van der Waals surface area contributed by atoms with Crippen molar-refractivity contribution in [2.45, 2.75) is 31.6 Å². The SMILES string of the molecule is CC1(c2cccc(Cl)c2Cl)CCC(=O)C1. The van der Waals surface area contributed by atoms with Crippen LogP contribution in [0.25, 0.3) is 0 Å². The van der Waals surface area contributed by atoms with Gasteiger partial charge in [-0.15, -0.1) is 0 Å². The zero-order chi connectivity index (χ0) is 11.1. The number of carbonyl (C=O) groups is 1. The van der Waals surface area contributed by atoms with E-state index < -0.39 is 0 Å². The van der Waals surface area contributed by atoms with Gasteiger partial charge in [-0.1, -0.05) is 42.3 Å². The molecule has 0 aromatic heterocycles. The van der Waals surface area contributed by atoms with E-state index in [1.807, 2.05) is 12.1 Å². The Labute approximate surface area is 99.4 Å². The summed E-state index contributed by atoms with van der Waals surface area (Å²) in [6.07, 6.45) is 2.10. The number of rotatable bonds is 1. The van der Waals surface area contributed by atoms with Crippen LogP contribution in [0.2, 0.25) is 10.0 Å². The molecule has 1 aliphatic carbocycles. The summed E-state index contributed by atoms with van der Waals surface area (Å²) in [5.41, 5.74) is 0.876. The molecule has 0 radical (unpaired) electrons. The normalized spacial score (nSPS) is 25.9. The van der Waals surface area contributed by atoms with Crippen LogP contribution < -0.4 is 0 Å². The van der Waals surface area contributed by atoms with Crippen molar-refractivity contribution in [3.63, 3.8) is 0 Å². The van der Waals surface area contributed by atoms with Gasteiger partial charge in [0.05, 0.1) is 10.0 Å². The first-order valence-electron chi connectivity index (χ1n) is 4.99. The zero-order valence-electron chi connectivity index (χ0n) is 8.52. The Balaban J connectivity index is 2.45. The molecule has 0 amide bonds. The average Bonchev–Trinajstić information content (AvgIpc) is 2.52. The van der Waals surface area contributed by atoms with Crippen molar-refractivity contribution in [2.75, 3.05) is 0 Å². The second-order valence-electron chi connectivity index (χ2n) is 4.38. The molecule has 1 aliphatic rings. The molecule has 0 N–H and O–H groups in total. The zero-order valence-corrected chi connectivity index (χ0v) is 10.0. The third kappa shape index (κ3) is 1.91. The Bertz CT molecular complexity index is 414. The second kappa shape index (κ2) is 3.80. The third-order valence-corrected chi connectivity index (χ3v) is 3.96. The van der Waals surface area contributed by atoms with Gasteiger partial charge in [0.2, 0.25) is 0 Å². The predicted molar refractivity (Wildman–Crippen MR) is 62.7 cm³/mol. The first-order valence-corrected chi connectivity index (χ1v) is 5.75. The van der Waals surface area contributed by atoms with Crippen molar-refractivity contribution in [1.29, 1.82) is 0 Å². The number of Topliss-reactive ketones (excluding diaryl/α,β-unsaturated/α-hetero) is 1. The molecule has 15 heavy (non-hydrogen) atoms. The first-order chi connectivity index (χ1) is 7.03. The molecule has 0 heterocycles. The van der Waals surface area contributed by atoms with Gasteiger partial charge in [0.15, 0.2) is 0 Å². The minimum atomic E-state index is -0.126. The van der Waals surface area contributed by atoms with E-state index in [9.17, 15) is 4.79 Å². The van der Waals surface area contributed by atoms with Crippen LogP contribution in [0.3, 0.4) is 0 Å². The quantitative estimate of drug-likeness (QED) is 0.728. The highest BCUT2D eigenvalue weighted by Crippen LogP contribution is 2.43. The smallest absolute Gasteiger partial charge is 0.133 e. The maximum atomic E-state index is 11.4. The number of hydrogen-bond donors (Lipinski definition) is 0. The lowest BCUT2D eigenvalue weighted by atomic mass is 9.81. The highest BCUT2D eigenvalue weighted by atomic mass is 35.5. The highest BCUT2D eigenvalue weighted by molar-refractivity contribution is 6.42. The molecule has 1 aromatic carbocycles. The second-order valence-corrected chi connectivity index (χ2v) is 5.16. The molecule has 1 aromatic rings. The molecule has 80 valence electrons. The Kier molecular flexibility index (Phi) is 2.78. The fourth-order valence-corrected chi connectivity index (χ4v) is 2.76. The molecule has 3 heteroatoms. The molecule has 2 rings (SSSR count). The van der Waals surface area contributed by atoms with Crippen LogP contribution in [-0.4, -0.2) is 5.78 Å². The van der Waals surface area contributed by atoms with Gasteiger partial charge in [-0.2, -0.15) is 0 Å². The lowest BCUT2D eigenvalue weighted by Crippen LogP contribution is -2.18. The topological polar surface area (TPSA) is 17.1 Å². The summed E-state index contributed by atoms with van der Waals surface area (Å²) in [5.74, 6) is 0.313. The number of carbonyl (C=O) groups excluding carboxylic acids is 1. The van der Waals surface area contributed by atoms with Crippen LogP contribution in [-0.2, 0) is 10.2 Å². The minimum absolute atomic E-state index is 0.126. The number of benzene rings is 1. The van der Waals surface area contributed by atoms with Crippen molar-refractivity contribution in [1.82, 2.24) is 0 Å². The van der Waals surface area contributed by atoms with Gasteiger partial charge >= 0.3 is 0 Å². The molecular formula is C12H12Cl2O. The van der Waals surface area contributed by atoms with E-state index in [4.69, 9.17) is 23.2 Å². The van der Waals surface area contributed by atoms with Crippen LogP contribution in [0.1, 0.15) is 31.7 Å². The maximum absolute atomic E-state index is 11.4. The summed E-state index contributed by atoms with van der Waals surface area (Å²) in [4.78, 5) is 11.4. The van der Waals surface area contributed by atoms with E-state index in [1.165, 1.54) is 0 Å². The maximum Gasteiger partial charge on any atom is 0.133 e. The van der Waals surface area contributed by atoms with Crippen molar-refractivity contribution >= 4 is 29.0 Å². The summed E-state index contributed by atoms with van der Waals surface area (Å²) in [7, 11) is 0. The van der Waals surface area contributed by atoms with Crippen LogP contribution in [0.5, 0.6) is 0 Å². The van der Waals surface area contributed by atoms with Crippen molar-refractivity contribution < 1.29 is 4.79 Å².